The van der Waals surface area contributed by atoms with E-state index >= 15 is 0 Å². The van der Waals surface area contributed by atoms with Crippen LogP contribution < -0.4 is 5.32 Å². The van der Waals surface area contributed by atoms with Gasteiger partial charge in [-0.3, -0.25) is 14.6 Å². The third kappa shape index (κ3) is 4.13. The predicted molar refractivity (Wildman–Crippen MR) is 77.6 cm³/mol. The topological polar surface area (TPSA) is 84.8 Å². The van der Waals surface area contributed by atoms with Gasteiger partial charge in [-0.15, -0.1) is 0 Å². The number of nitrogens with one attached hydrogen (secondary N) is 2. The molecule has 1 aliphatic rings. The van der Waals surface area contributed by atoms with Crippen LogP contribution in [0.4, 0.5) is 19.0 Å². The van der Waals surface area contributed by atoms with Crippen LogP contribution >= 0.6 is 0 Å². The van der Waals surface area contributed by atoms with Crippen molar-refractivity contribution in [3.05, 3.63) is 29.7 Å². The second kappa shape index (κ2) is 6.63. The molecule has 1 aliphatic heterocycles. The summed E-state index contributed by atoms with van der Waals surface area (Å²) in [6, 6.07) is 2.92. The van der Waals surface area contributed by atoms with Crippen molar-refractivity contribution in [3.63, 3.8) is 0 Å². The summed E-state index contributed by atoms with van der Waals surface area (Å²) in [5, 5.41) is 13.0. The zero-order chi connectivity index (χ0) is 17.2. The van der Waals surface area contributed by atoms with Gasteiger partial charge in [-0.05, 0) is 18.9 Å². The van der Waals surface area contributed by atoms with E-state index in [1.54, 1.807) is 6.07 Å². The molecule has 0 aliphatic carbocycles. The molecule has 0 radical (unpaired) electrons. The number of rotatable bonds is 4. The lowest BCUT2D eigenvalue weighted by molar-refractivity contribution is -0.142. The molecule has 1 saturated heterocycles. The number of alkyl halides is 3. The number of carbonyl (C=O) groups is 1. The second-order valence-electron chi connectivity index (χ2n) is 5.59. The number of halogens is 3. The number of hydrogen-bond donors (Lipinski definition) is 2. The van der Waals surface area contributed by atoms with Crippen LogP contribution in [-0.4, -0.2) is 45.3 Å². The summed E-state index contributed by atoms with van der Waals surface area (Å²) in [4.78, 5) is 12.0. The van der Waals surface area contributed by atoms with Gasteiger partial charge in [0.15, 0.2) is 11.5 Å². The molecule has 2 aromatic heterocycles. The van der Waals surface area contributed by atoms with Gasteiger partial charge >= 0.3 is 6.18 Å². The van der Waals surface area contributed by atoms with Crippen LogP contribution in [0.5, 0.6) is 0 Å². The van der Waals surface area contributed by atoms with Crippen molar-refractivity contribution >= 4 is 11.7 Å². The number of hydrogen-bond acceptors (Lipinski definition) is 4. The van der Waals surface area contributed by atoms with Crippen molar-refractivity contribution in [2.75, 3.05) is 18.5 Å². The van der Waals surface area contributed by atoms with Crippen molar-refractivity contribution in [2.24, 2.45) is 0 Å². The Balaban J connectivity index is 1.61. The van der Waals surface area contributed by atoms with Crippen LogP contribution in [0, 0.1) is 0 Å². The minimum Gasteiger partial charge on any atom is -0.381 e. The van der Waals surface area contributed by atoms with E-state index in [0.29, 0.717) is 17.1 Å². The van der Waals surface area contributed by atoms with Crippen molar-refractivity contribution < 1.29 is 22.7 Å². The molecule has 10 heteroatoms. The summed E-state index contributed by atoms with van der Waals surface area (Å²) < 4.78 is 42.9. The van der Waals surface area contributed by atoms with Crippen molar-refractivity contribution in [3.8, 4) is 0 Å². The first-order chi connectivity index (χ1) is 11.4. The lowest BCUT2D eigenvalue weighted by atomic mass is 9.99. The Bertz CT molecular complexity index is 703. The minimum absolute atomic E-state index is 0.107. The largest absolute Gasteiger partial charge is 0.408 e. The smallest absolute Gasteiger partial charge is 0.381 e. The zero-order valence-electron chi connectivity index (χ0n) is 12.6. The molecule has 0 spiro atoms. The van der Waals surface area contributed by atoms with Crippen LogP contribution in [0.3, 0.4) is 0 Å². The maximum absolute atomic E-state index is 12.3. The maximum atomic E-state index is 12.3. The van der Waals surface area contributed by atoms with Crippen LogP contribution in [0.25, 0.3) is 0 Å². The van der Waals surface area contributed by atoms with E-state index in [4.69, 9.17) is 4.74 Å². The number of ether oxygens (including phenoxy) is 1. The van der Waals surface area contributed by atoms with Crippen LogP contribution in [0.2, 0.25) is 0 Å². The SMILES string of the molecule is O=C(Nc1cc(C2CCCOC2)[nH]n1)c1ccn(CC(F)(F)F)n1. The number of H-pyrrole nitrogens is 1. The first-order valence-corrected chi connectivity index (χ1v) is 7.45. The Morgan fingerprint density at radius 2 is 2.33 bits per heavy atom. The standard InChI is InChI=1S/C14H16F3N5O2/c15-14(16,17)8-22-4-3-10(21-22)13(23)18-12-6-11(19-20-12)9-2-1-5-24-7-9/h3-4,6,9H,1-2,5,7-8H2,(H2,18,19,20,23). The fourth-order valence-electron chi connectivity index (χ4n) is 2.53. The average Bonchev–Trinajstić information content (AvgIpc) is 3.16. The summed E-state index contributed by atoms with van der Waals surface area (Å²) in [6.45, 7) is 0.0980. The molecular weight excluding hydrogens is 327 g/mol. The van der Waals surface area contributed by atoms with Gasteiger partial charge in [0.25, 0.3) is 5.91 Å². The van der Waals surface area contributed by atoms with E-state index in [1.165, 1.54) is 6.07 Å². The lowest BCUT2D eigenvalue weighted by Crippen LogP contribution is -2.19. The molecule has 3 rings (SSSR count). The monoisotopic (exact) mass is 343 g/mol. The number of anilines is 1. The minimum atomic E-state index is -4.39. The fraction of sp³-hybridized carbons (Fsp3) is 0.500. The summed E-state index contributed by atoms with van der Waals surface area (Å²) in [5.74, 6) is -0.122. The van der Waals surface area contributed by atoms with Crippen LogP contribution in [-0.2, 0) is 11.3 Å². The number of aromatic amines is 1. The molecule has 1 fully saturated rings. The van der Waals surface area contributed by atoms with Gasteiger partial charge in [0.1, 0.15) is 6.54 Å². The molecule has 3 heterocycles. The molecule has 0 saturated carbocycles. The average molecular weight is 343 g/mol. The summed E-state index contributed by atoms with van der Waals surface area (Å²) in [5.41, 5.74) is 0.748. The highest BCUT2D eigenvalue weighted by Crippen LogP contribution is 2.25. The molecule has 1 unspecified atom stereocenters. The first-order valence-electron chi connectivity index (χ1n) is 7.45. The van der Waals surface area contributed by atoms with Gasteiger partial charge in [0, 0.05) is 30.5 Å². The molecular formula is C14H16F3N5O2. The zero-order valence-corrected chi connectivity index (χ0v) is 12.6. The van der Waals surface area contributed by atoms with Gasteiger partial charge in [-0.1, -0.05) is 0 Å². The Kier molecular flexibility index (Phi) is 4.56. The second-order valence-corrected chi connectivity index (χ2v) is 5.59. The van der Waals surface area contributed by atoms with Gasteiger partial charge in [-0.2, -0.15) is 23.4 Å². The van der Waals surface area contributed by atoms with Crippen molar-refractivity contribution in [2.45, 2.75) is 31.5 Å². The molecule has 0 bridgehead atoms. The van der Waals surface area contributed by atoms with E-state index in [-0.39, 0.29) is 11.6 Å². The number of nitrogens with zero attached hydrogens (tertiary/aromatic N) is 3. The Morgan fingerprint density at radius 3 is 3.04 bits per heavy atom. The fourth-order valence-corrected chi connectivity index (χ4v) is 2.53. The van der Waals surface area contributed by atoms with Gasteiger partial charge in [0.05, 0.1) is 6.61 Å². The highest BCUT2D eigenvalue weighted by Gasteiger charge is 2.28. The third-order valence-corrected chi connectivity index (χ3v) is 3.65. The van der Waals surface area contributed by atoms with Crippen molar-refractivity contribution in [1.29, 1.82) is 0 Å². The quantitative estimate of drug-likeness (QED) is 0.892. The molecule has 1 amide bonds. The molecule has 0 aromatic carbocycles. The normalized spacial score (nSPS) is 18.5. The summed E-state index contributed by atoms with van der Waals surface area (Å²) in [6.07, 6.45) is -1.35. The van der Waals surface area contributed by atoms with E-state index in [9.17, 15) is 18.0 Å². The number of aromatic nitrogens is 4. The number of carbonyl (C=O) groups excluding carboxylic acids is 1. The van der Waals surface area contributed by atoms with Gasteiger partial charge in [-0.25, -0.2) is 0 Å². The molecule has 1 atom stereocenters. The van der Waals surface area contributed by atoms with Gasteiger partial charge in [0.2, 0.25) is 0 Å². The Morgan fingerprint density at radius 1 is 1.50 bits per heavy atom. The summed E-state index contributed by atoms with van der Waals surface area (Å²) >= 11 is 0. The molecule has 2 aromatic rings. The van der Waals surface area contributed by atoms with Crippen molar-refractivity contribution in [1.82, 2.24) is 20.0 Å². The predicted octanol–water partition coefficient (Wildman–Crippen LogP) is 2.31. The van der Waals surface area contributed by atoms with Crippen LogP contribution in [0.1, 0.15) is 34.9 Å². The highest BCUT2D eigenvalue weighted by atomic mass is 19.4. The van der Waals surface area contributed by atoms with E-state index < -0.39 is 18.6 Å². The van der Waals surface area contributed by atoms with E-state index in [0.717, 1.165) is 31.3 Å². The first kappa shape index (κ1) is 16.5. The summed E-state index contributed by atoms with van der Waals surface area (Å²) in [7, 11) is 0. The molecule has 24 heavy (non-hydrogen) atoms. The Hall–Kier alpha value is -2.36. The van der Waals surface area contributed by atoms with Crippen LogP contribution in [0.15, 0.2) is 18.3 Å². The molecule has 130 valence electrons. The number of amides is 1. The van der Waals surface area contributed by atoms with E-state index in [2.05, 4.69) is 20.6 Å². The van der Waals surface area contributed by atoms with Gasteiger partial charge < -0.3 is 10.1 Å². The van der Waals surface area contributed by atoms with E-state index in [1.807, 2.05) is 0 Å². The highest BCUT2D eigenvalue weighted by molar-refractivity contribution is 6.02. The third-order valence-electron chi connectivity index (χ3n) is 3.65. The lowest BCUT2D eigenvalue weighted by Gasteiger charge is -2.20. The molecule has 7 nitrogen and oxygen atoms in total. The molecule has 2 N–H and O–H groups in total. The Labute approximate surface area is 135 Å². The maximum Gasteiger partial charge on any atom is 0.408 e.